The molecule has 1 fully saturated rings. The van der Waals surface area contributed by atoms with Gasteiger partial charge in [-0.2, -0.15) is 0 Å². The fraction of sp³-hybridized carbons (Fsp3) is 0.385. The average Bonchev–Trinajstić information content (AvgIpc) is 3.15. The van der Waals surface area contributed by atoms with Gasteiger partial charge in [0.2, 0.25) is 11.8 Å². The second-order valence-electron chi connectivity index (χ2n) is 4.79. The summed E-state index contributed by atoms with van der Waals surface area (Å²) in [4.78, 5) is 10.3. The first-order chi connectivity index (χ1) is 9.72. The summed E-state index contributed by atoms with van der Waals surface area (Å²) in [5.74, 6) is 0.856. The number of nitrogens with one attached hydrogen (secondary N) is 1. The van der Waals surface area contributed by atoms with Gasteiger partial charge in [-0.3, -0.25) is 10.1 Å². The van der Waals surface area contributed by atoms with Crippen molar-refractivity contribution >= 4 is 5.69 Å². The van der Waals surface area contributed by atoms with Gasteiger partial charge in [0, 0.05) is 36.7 Å². The van der Waals surface area contributed by atoms with Gasteiger partial charge in [-0.25, -0.2) is 0 Å². The number of hydrogen-bond donors (Lipinski definition) is 1. The molecule has 104 valence electrons. The lowest BCUT2D eigenvalue weighted by atomic mass is 10.2. The van der Waals surface area contributed by atoms with E-state index < -0.39 is 4.92 Å². The fourth-order valence-corrected chi connectivity index (χ4v) is 1.89. The Hall–Kier alpha value is -2.28. The Morgan fingerprint density at radius 2 is 2.25 bits per heavy atom. The number of nitro benzene ring substituents is 1. The van der Waals surface area contributed by atoms with Crippen molar-refractivity contribution in [2.24, 2.45) is 0 Å². The lowest BCUT2D eigenvalue weighted by Gasteiger charge is -1.98. The number of non-ortho nitro benzene ring substituents is 1. The minimum absolute atomic E-state index is 0.0117. The van der Waals surface area contributed by atoms with E-state index in [0.717, 1.165) is 6.54 Å². The molecule has 1 aromatic carbocycles. The van der Waals surface area contributed by atoms with Crippen molar-refractivity contribution in [3.63, 3.8) is 0 Å². The third kappa shape index (κ3) is 3.00. The molecule has 0 spiro atoms. The van der Waals surface area contributed by atoms with Crippen molar-refractivity contribution in [1.82, 2.24) is 15.5 Å². The first-order valence-corrected chi connectivity index (χ1v) is 6.53. The van der Waals surface area contributed by atoms with Crippen LogP contribution >= 0.6 is 0 Å². The molecule has 3 rings (SSSR count). The van der Waals surface area contributed by atoms with E-state index >= 15 is 0 Å². The highest BCUT2D eigenvalue weighted by Gasteiger charge is 2.20. The van der Waals surface area contributed by atoms with E-state index in [1.807, 2.05) is 0 Å². The van der Waals surface area contributed by atoms with Gasteiger partial charge in [0.1, 0.15) is 0 Å². The highest BCUT2D eigenvalue weighted by atomic mass is 16.6. The Labute approximate surface area is 115 Å². The van der Waals surface area contributed by atoms with Crippen LogP contribution in [0.5, 0.6) is 0 Å². The minimum Gasteiger partial charge on any atom is -0.421 e. The van der Waals surface area contributed by atoms with Crippen LogP contribution in [0.15, 0.2) is 28.7 Å². The molecule has 0 saturated heterocycles. The Kier molecular flexibility index (Phi) is 3.42. The van der Waals surface area contributed by atoms with E-state index in [4.69, 9.17) is 4.42 Å². The van der Waals surface area contributed by atoms with Crippen LogP contribution in [0.2, 0.25) is 0 Å². The predicted octanol–water partition coefficient (Wildman–Crippen LogP) is 1.94. The second kappa shape index (κ2) is 5.38. The van der Waals surface area contributed by atoms with E-state index in [1.165, 1.54) is 25.0 Å². The van der Waals surface area contributed by atoms with Gasteiger partial charge >= 0.3 is 0 Å². The summed E-state index contributed by atoms with van der Waals surface area (Å²) in [7, 11) is 0. The molecule has 1 aliphatic rings. The van der Waals surface area contributed by atoms with E-state index in [-0.39, 0.29) is 5.69 Å². The number of aromatic nitrogens is 2. The standard InChI is InChI=1S/C13H14N4O3/c18-17(19)11-3-1-2-9(8-11)13-16-15-12(20-13)6-7-14-10-4-5-10/h1-3,8,10,14H,4-7H2. The topological polar surface area (TPSA) is 94.1 Å². The maximum atomic E-state index is 10.7. The zero-order valence-corrected chi connectivity index (χ0v) is 10.8. The molecule has 0 bridgehead atoms. The van der Waals surface area contributed by atoms with Crippen LogP contribution in [0, 0.1) is 10.1 Å². The van der Waals surface area contributed by atoms with E-state index in [0.29, 0.717) is 29.8 Å². The van der Waals surface area contributed by atoms with Gasteiger partial charge in [-0.15, -0.1) is 10.2 Å². The fourth-order valence-electron chi connectivity index (χ4n) is 1.89. The molecule has 7 heteroatoms. The molecule has 0 amide bonds. The van der Waals surface area contributed by atoms with Crippen LogP contribution in [-0.4, -0.2) is 27.7 Å². The molecule has 0 radical (unpaired) electrons. The largest absolute Gasteiger partial charge is 0.421 e. The Bertz CT molecular complexity index is 622. The minimum atomic E-state index is -0.444. The number of rotatable bonds is 6. The maximum absolute atomic E-state index is 10.7. The van der Waals surface area contributed by atoms with Gasteiger partial charge in [0.15, 0.2) is 0 Å². The van der Waals surface area contributed by atoms with Crippen LogP contribution in [0.1, 0.15) is 18.7 Å². The van der Waals surface area contributed by atoms with Crippen molar-refractivity contribution in [2.45, 2.75) is 25.3 Å². The summed E-state index contributed by atoms with van der Waals surface area (Å²) in [5, 5.41) is 22.0. The Morgan fingerprint density at radius 1 is 1.40 bits per heavy atom. The summed E-state index contributed by atoms with van der Waals surface area (Å²) in [5.41, 5.74) is 0.575. The van der Waals surface area contributed by atoms with Gasteiger partial charge in [-0.1, -0.05) is 6.07 Å². The first-order valence-electron chi connectivity index (χ1n) is 6.53. The molecule has 7 nitrogen and oxygen atoms in total. The van der Waals surface area contributed by atoms with Crippen molar-refractivity contribution in [1.29, 1.82) is 0 Å². The quantitative estimate of drug-likeness (QED) is 0.639. The maximum Gasteiger partial charge on any atom is 0.270 e. The molecule has 1 heterocycles. The molecule has 0 aliphatic heterocycles. The van der Waals surface area contributed by atoms with E-state index in [9.17, 15) is 10.1 Å². The zero-order chi connectivity index (χ0) is 13.9. The second-order valence-corrected chi connectivity index (χ2v) is 4.79. The summed E-state index contributed by atoms with van der Waals surface area (Å²) >= 11 is 0. The van der Waals surface area contributed by atoms with Gasteiger partial charge in [-0.05, 0) is 18.9 Å². The van der Waals surface area contributed by atoms with Crippen LogP contribution in [0.25, 0.3) is 11.5 Å². The first kappa shape index (κ1) is 12.7. The summed E-state index contributed by atoms with van der Waals surface area (Å²) < 4.78 is 5.52. The summed E-state index contributed by atoms with van der Waals surface area (Å²) in [6.45, 7) is 0.807. The summed E-state index contributed by atoms with van der Waals surface area (Å²) in [6, 6.07) is 6.83. The van der Waals surface area contributed by atoms with Gasteiger partial charge in [0.05, 0.1) is 4.92 Å². The molecule has 20 heavy (non-hydrogen) atoms. The van der Waals surface area contributed by atoms with Crippen molar-refractivity contribution in [3.8, 4) is 11.5 Å². The molecule has 1 saturated carbocycles. The molecule has 2 aromatic rings. The molecule has 1 N–H and O–H groups in total. The van der Waals surface area contributed by atoms with Crippen LogP contribution in [-0.2, 0) is 6.42 Å². The normalized spacial score (nSPS) is 14.4. The highest BCUT2D eigenvalue weighted by Crippen LogP contribution is 2.23. The monoisotopic (exact) mass is 274 g/mol. The lowest BCUT2D eigenvalue weighted by Crippen LogP contribution is -2.19. The van der Waals surface area contributed by atoms with Gasteiger partial charge < -0.3 is 9.73 Å². The molecular weight excluding hydrogens is 260 g/mol. The number of nitro groups is 1. The molecular formula is C13H14N4O3. The van der Waals surface area contributed by atoms with Crippen molar-refractivity contribution in [3.05, 3.63) is 40.3 Å². The SMILES string of the molecule is O=[N+]([O-])c1cccc(-c2nnc(CCNC3CC3)o2)c1. The third-order valence-corrected chi connectivity index (χ3v) is 3.12. The number of benzene rings is 1. The average molecular weight is 274 g/mol. The van der Waals surface area contributed by atoms with Crippen molar-refractivity contribution in [2.75, 3.05) is 6.54 Å². The highest BCUT2D eigenvalue weighted by molar-refractivity contribution is 5.57. The third-order valence-electron chi connectivity index (χ3n) is 3.12. The zero-order valence-electron chi connectivity index (χ0n) is 10.8. The Balaban J connectivity index is 1.68. The van der Waals surface area contributed by atoms with Crippen LogP contribution in [0.4, 0.5) is 5.69 Å². The molecule has 0 atom stereocenters. The van der Waals surface area contributed by atoms with Crippen LogP contribution in [0.3, 0.4) is 0 Å². The number of nitrogens with zero attached hydrogens (tertiary/aromatic N) is 3. The number of hydrogen-bond acceptors (Lipinski definition) is 6. The predicted molar refractivity (Wildman–Crippen MR) is 71.1 cm³/mol. The smallest absolute Gasteiger partial charge is 0.270 e. The van der Waals surface area contributed by atoms with E-state index in [2.05, 4.69) is 15.5 Å². The summed E-state index contributed by atoms with van der Waals surface area (Å²) in [6.07, 6.45) is 3.14. The van der Waals surface area contributed by atoms with E-state index in [1.54, 1.807) is 12.1 Å². The molecule has 1 aromatic heterocycles. The molecule has 0 unspecified atom stereocenters. The van der Waals surface area contributed by atoms with Crippen molar-refractivity contribution < 1.29 is 9.34 Å². The molecule has 1 aliphatic carbocycles. The Morgan fingerprint density at radius 3 is 3.00 bits per heavy atom. The van der Waals surface area contributed by atoms with Gasteiger partial charge in [0.25, 0.3) is 5.69 Å². The lowest BCUT2D eigenvalue weighted by molar-refractivity contribution is -0.384. The van der Waals surface area contributed by atoms with Crippen LogP contribution < -0.4 is 5.32 Å².